The van der Waals surface area contributed by atoms with Crippen LogP contribution in [0.15, 0.2) is 18.2 Å². The summed E-state index contributed by atoms with van der Waals surface area (Å²) in [5.41, 5.74) is 0.861. The highest BCUT2D eigenvalue weighted by molar-refractivity contribution is 6.16. The summed E-state index contributed by atoms with van der Waals surface area (Å²) >= 11 is 5.71. The lowest BCUT2D eigenvalue weighted by atomic mass is 10.4. The van der Waals surface area contributed by atoms with Gasteiger partial charge in [0.2, 0.25) is 5.88 Å². The Hall–Kier alpha value is -0.800. The molecule has 16 heavy (non-hydrogen) atoms. The third kappa shape index (κ3) is 3.35. The maximum atomic E-state index is 5.71. The van der Waals surface area contributed by atoms with Gasteiger partial charge in [-0.3, -0.25) is 4.90 Å². The first kappa shape index (κ1) is 11.7. The molecule has 0 N–H and O–H groups in total. The monoisotopic (exact) mass is 240 g/mol. The first-order chi connectivity index (χ1) is 7.88. The van der Waals surface area contributed by atoms with E-state index in [-0.39, 0.29) is 0 Å². The number of ether oxygens (including phenoxy) is 1. The third-order valence-electron chi connectivity index (χ3n) is 2.77. The van der Waals surface area contributed by atoms with Crippen molar-refractivity contribution < 1.29 is 4.74 Å². The molecule has 1 aliphatic rings. The number of hydrogen-bond donors (Lipinski definition) is 0. The predicted octanol–water partition coefficient (Wildman–Crippen LogP) is 2.29. The molecule has 0 atom stereocenters. The minimum Gasteiger partial charge on any atom is -0.476 e. The minimum atomic E-state index is 0.434. The first-order valence-corrected chi connectivity index (χ1v) is 6.29. The van der Waals surface area contributed by atoms with Crippen molar-refractivity contribution in [3.63, 3.8) is 0 Å². The molecule has 0 aliphatic carbocycles. The second-order valence-corrected chi connectivity index (χ2v) is 4.27. The molecule has 88 valence electrons. The number of alkyl halides is 1. The van der Waals surface area contributed by atoms with Crippen LogP contribution in [0.4, 0.5) is 0 Å². The molecule has 0 spiro atoms. The van der Waals surface area contributed by atoms with Gasteiger partial charge in [0, 0.05) is 12.6 Å². The molecule has 4 heteroatoms. The van der Waals surface area contributed by atoms with E-state index in [2.05, 4.69) is 9.88 Å². The van der Waals surface area contributed by atoms with Gasteiger partial charge in [-0.1, -0.05) is 6.07 Å². The molecule has 1 aromatic rings. The summed E-state index contributed by atoms with van der Waals surface area (Å²) in [5.74, 6) is 1.11. The predicted molar refractivity (Wildman–Crippen MR) is 65.0 cm³/mol. The molecular formula is C12H17ClN2O. The Kier molecular flexibility index (Phi) is 4.43. The van der Waals surface area contributed by atoms with E-state index < -0.39 is 0 Å². The van der Waals surface area contributed by atoms with Crippen LogP contribution in [0.1, 0.15) is 18.5 Å². The lowest BCUT2D eigenvalue weighted by molar-refractivity contribution is 0.231. The molecule has 0 unspecified atom stereocenters. The van der Waals surface area contributed by atoms with Crippen molar-refractivity contribution >= 4 is 11.6 Å². The van der Waals surface area contributed by atoms with E-state index in [0.717, 1.165) is 12.2 Å². The Labute approximate surface area is 101 Å². The van der Waals surface area contributed by atoms with Crippen molar-refractivity contribution in [1.29, 1.82) is 0 Å². The highest BCUT2D eigenvalue weighted by Gasteiger charge is 2.10. The Morgan fingerprint density at radius 3 is 2.88 bits per heavy atom. The van der Waals surface area contributed by atoms with E-state index in [0.29, 0.717) is 18.4 Å². The topological polar surface area (TPSA) is 25.4 Å². The van der Waals surface area contributed by atoms with Gasteiger partial charge in [0.1, 0.15) is 6.61 Å². The summed E-state index contributed by atoms with van der Waals surface area (Å²) in [4.78, 5) is 6.70. The molecule has 1 fully saturated rings. The van der Waals surface area contributed by atoms with Crippen LogP contribution >= 0.6 is 11.6 Å². The van der Waals surface area contributed by atoms with E-state index in [1.54, 1.807) is 0 Å². The number of aromatic nitrogens is 1. The van der Waals surface area contributed by atoms with Crippen LogP contribution in [0.2, 0.25) is 0 Å². The van der Waals surface area contributed by atoms with Gasteiger partial charge in [-0.2, -0.15) is 0 Å². The fourth-order valence-electron chi connectivity index (χ4n) is 1.90. The number of likely N-dealkylation sites (tertiary alicyclic amines) is 1. The third-order valence-corrected chi connectivity index (χ3v) is 3.05. The number of hydrogen-bond acceptors (Lipinski definition) is 3. The van der Waals surface area contributed by atoms with Gasteiger partial charge in [-0.25, -0.2) is 4.98 Å². The molecule has 2 rings (SSSR count). The Balaban J connectivity index is 1.75. The lowest BCUT2D eigenvalue weighted by Crippen LogP contribution is -2.25. The maximum absolute atomic E-state index is 5.71. The van der Waals surface area contributed by atoms with Crippen LogP contribution in [0.3, 0.4) is 0 Å². The second kappa shape index (κ2) is 6.06. The highest BCUT2D eigenvalue weighted by Crippen LogP contribution is 2.10. The molecule has 0 bridgehead atoms. The van der Waals surface area contributed by atoms with Crippen molar-refractivity contribution in [2.45, 2.75) is 18.7 Å². The SMILES string of the molecule is ClCc1cccc(OCCN2CCCC2)n1. The lowest BCUT2D eigenvalue weighted by Gasteiger charge is -2.14. The van der Waals surface area contributed by atoms with Crippen LogP contribution < -0.4 is 4.74 Å². The van der Waals surface area contributed by atoms with Crippen LogP contribution in [-0.4, -0.2) is 36.1 Å². The molecule has 3 nitrogen and oxygen atoms in total. The van der Waals surface area contributed by atoms with Crippen LogP contribution in [0.25, 0.3) is 0 Å². The van der Waals surface area contributed by atoms with E-state index >= 15 is 0 Å². The summed E-state index contributed by atoms with van der Waals surface area (Å²) in [5, 5.41) is 0. The quantitative estimate of drug-likeness (QED) is 0.739. The van der Waals surface area contributed by atoms with Gasteiger partial charge in [0.05, 0.1) is 11.6 Å². The van der Waals surface area contributed by atoms with E-state index in [9.17, 15) is 0 Å². The standard InChI is InChI=1S/C12H17ClN2O/c13-10-11-4-3-5-12(14-11)16-9-8-15-6-1-2-7-15/h3-5H,1-2,6-10H2. The average molecular weight is 241 g/mol. The minimum absolute atomic E-state index is 0.434. The summed E-state index contributed by atoms with van der Waals surface area (Å²) < 4.78 is 5.60. The van der Waals surface area contributed by atoms with Gasteiger partial charge >= 0.3 is 0 Å². The molecule has 1 saturated heterocycles. The Morgan fingerprint density at radius 1 is 1.31 bits per heavy atom. The zero-order valence-corrected chi connectivity index (χ0v) is 10.1. The van der Waals surface area contributed by atoms with Crippen LogP contribution in [0.5, 0.6) is 5.88 Å². The van der Waals surface area contributed by atoms with Crippen LogP contribution in [-0.2, 0) is 5.88 Å². The fourth-order valence-corrected chi connectivity index (χ4v) is 2.05. The van der Waals surface area contributed by atoms with Gasteiger partial charge in [-0.15, -0.1) is 11.6 Å². The summed E-state index contributed by atoms with van der Waals surface area (Å²) in [6.07, 6.45) is 2.64. The maximum Gasteiger partial charge on any atom is 0.213 e. The Morgan fingerprint density at radius 2 is 2.12 bits per heavy atom. The zero-order valence-electron chi connectivity index (χ0n) is 9.36. The highest BCUT2D eigenvalue weighted by atomic mass is 35.5. The molecule has 0 radical (unpaired) electrons. The average Bonchev–Trinajstić information content (AvgIpc) is 2.82. The number of rotatable bonds is 5. The molecule has 1 aliphatic heterocycles. The van der Waals surface area contributed by atoms with Gasteiger partial charge in [0.25, 0.3) is 0 Å². The Bertz CT molecular complexity index is 327. The van der Waals surface area contributed by atoms with Crippen LogP contribution in [0, 0.1) is 0 Å². The van der Waals surface area contributed by atoms with Crippen molar-refractivity contribution in [3.05, 3.63) is 23.9 Å². The zero-order chi connectivity index (χ0) is 11.2. The summed E-state index contributed by atoms with van der Waals surface area (Å²) in [6, 6.07) is 5.70. The smallest absolute Gasteiger partial charge is 0.213 e. The largest absolute Gasteiger partial charge is 0.476 e. The molecular weight excluding hydrogens is 224 g/mol. The van der Waals surface area contributed by atoms with E-state index in [4.69, 9.17) is 16.3 Å². The molecule has 2 heterocycles. The second-order valence-electron chi connectivity index (χ2n) is 4.00. The number of nitrogens with zero attached hydrogens (tertiary/aromatic N) is 2. The van der Waals surface area contributed by atoms with Crippen molar-refractivity contribution in [2.24, 2.45) is 0 Å². The fraction of sp³-hybridized carbons (Fsp3) is 0.583. The van der Waals surface area contributed by atoms with E-state index in [1.807, 2.05) is 18.2 Å². The number of halogens is 1. The molecule has 0 saturated carbocycles. The molecule has 0 amide bonds. The van der Waals surface area contributed by atoms with Gasteiger partial charge < -0.3 is 4.74 Å². The van der Waals surface area contributed by atoms with Gasteiger partial charge in [-0.05, 0) is 32.0 Å². The number of pyridine rings is 1. The first-order valence-electron chi connectivity index (χ1n) is 5.75. The molecule has 1 aromatic heterocycles. The van der Waals surface area contributed by atoms with Crippen molar-refractivity contribution in [1.82, 2.24) is 9.88 Å². The van der Waals surface area contributed by atoms with E-state index in [1.165, 1.54) is 25.9 Å². The molecule has 0 aromatic carbocycles. The summed E-state index contributed by atoms with van der Waals surface area (Å²) in [6.45, 7) is 4.11. The van der Waals surface area contributed by atoms with Crippen molar-refractivity contribution in [3.8, 4) is 5.88 Å². The van der Waals surface area contributed by atoms with Gasteiger partial charge in [0.15, 0.2) is 0 Å². The summed E-state index contributed by atoms with van der Waals surface area (Å²) in [7, 11) is 0. The van der Waals surface area contributed by atoms with Crippen molar-refractivity contribution in [2.75, 3.05) is 26.2 Å². The normalized spacial score (nSPS) is 16.6.